The van der Waals surface area contributed by atoms with Crippen LogP contribution in [0.15, 0.2) is 34.8 Å². The molecule has 0 aromatic carbocycles. The predicted octanol–water partition coefficient (Wildman–Crippen LogP) is 3.37. The summed E-state index contributed by atoms with van der Waals surface area (Å²) < 4.78 is 17.1. The average Bonchev–Trinajstić information content (AvgIpc) is 2.61. The molecule has 0 saturated carbocycles. The molecule has 1 aliphatic heterocycles. The summed E-state index contributed by atoms with van der Waals surface area (Å²) in [6.45, 7) is 8.05. The SMILES string of the molecule is COC(=O)C1=CC(B2OC(C)(C)C(C)(C)O2)=C(CBr)C=CC1. The van der Waals surface area contributed by atoms with Gasteiger partial charge >= 0.3 is 13.1 Å². The van der Waals surface area contributed by atoms with E-state index in [4.69, 9.17) is 14.0 Å². The van der Waals surface area contributed by atoms with E-state index in [9.17, 15) is 4.79 Å². The molecule has 1 aliphatic carbocycles. The summed E-state index contributed by atoms with van der Waals surface area (Å²) in [5.74, 6) is -0.325. The molecule has 0 spiro atoms. The Hall–Kier alpha value is -0.845. The molecule has 2 aliphatic rings. The number of esters is 1. The van der Waals surface area contributed by atoms with Crippen molar-refractivity contribution in [2.75, 3.05) is 12.4 Å². The van der Waals surface area contributed by atoms with E-state index < -0.39 is 18.3 Å². The van der Waals surface area contributed by atoms with Crippen LogP contribution in [0.4, 0.5) is 0 Å². The van der Waals surface area contributed by atoms with Gasteiger partial charge in [0.05, 0.1) is 18.3 Å². The highest BCUT2D eigenvalue weighted by atomic mass is 79.9. The number of hydrogen-bond donors (Lipinski definition) is 0. The highest BCUT2D eigenvalue weighted by Crippen LogP contribution is 2.40. The Bertz CT molecular complexity index is 544. The lowest BCUT2D eigenvalue weighted by Crippen LogP contribution is -2.41. The topological polar surface area (TPSA) is 44.8 Å². The van der Waals surface area contributed by atoms with Gasteiger partial charge in [0.25, 0.3) is 0 Å². The molecule has 1 fully saturated rings. The number of ether oxygens (including phenoxy) is 1. The molecule has 0 N–H and O–H groups in total. The summed E-state index contributed by atoms with van der Waals surface area (Å²) in [4.78, 5) is 11.9. The van der Waals surface area contributed by atoms with Gasteiger partial charge in [-0.15, -0.1) is 0 Å². The van der Waals surface area contributed by atoms with Crippen molar-refractivity contribution in [3.63, 3.8) is 0 Å². The van der Waals surface area contributed by atoms with Crippen LogP contribution in [-0.4, -0.2) is 36.7 Å². The van der Waals surface area contributed by atoms with Crippen molar-refractivity contribution in [1.82, 2.24) is 0 Å². The van der Waals surface area contributed by atoms with E-state index in [1.807, 2.05) is 45.9 Å². The molecular formula is C16H22BBrO4. The lowest BCUT2D eigenvalue weighted by Gasteiger charge is -2.32. The Morgan fingerprint density at radius 1 is 1.32 bits per heavy atom. The third kappa shape index (κ3) is 3.24. The van der Waals surface area contributed by atoms with Gasteiger partial charge in [-0.3, -0.25) is 0 Å². The fraction of sp³-hybridized carbons (Fsp3) is 0.562. The zero-order valence-corrected chi connectivity index (χ0v) is 15.3. The minimum absolute atomic E-state index is 0.325. The van der Waals surface area contributed by atoms with Crippen molar-refractivity contribution in [2.24, 2.45) is 0 Å². The second-order valence-corrected chi connectivity index (χ2v) is 7.03. The number of alkyl halides is 1. The van der Waals surface area contributed by atoms with Crippen LogP contribution in [-0.2, 0) is 18.8 Å². The molecule has 6 heteroatoms. The van der Waals surface area contributed by atoms with Crippen molar-refractivity contribution < 1.29 is 18.8 Å². The number of carbonyl (C=O) groups is 1. The van der Waals surface area contributed by atoms with Gasteiger partial charge in [0.15, 0.2) is 0 Å². The van der Waals surface area contributed by atoms with E-state index in [0.717, 1.165) is 11.0 Å². The highest BCUT2D eigenvalue weighted by Gasteiger charge is 2.52. The maximum atomic E-state index is 11.9. The first-order valence-corrected chi connectivity index (χ1v) is 8.44. The van der Waals surface area contributed by atoms with Crippen LogP contribution < -0.4 is 0 Å². The summed E-state index contributed by atoms with van der Waals surface area (Å²) in [5.41, 5.74) is 1.66. The Labute approximate surface area is 140 Å². The van der Waals surface area contributed by atoms with Crippen LogP contribution >= 0.6 is 15.9 Å². The molecule has 4 nitrogen and oxygen atoms in total. The molecule has 0 bridgehead atoms. The number of allylic oxidation sites excluding steroid dienone is 5. The zero-order valence-electron chi connectivity index (χ0n) is 13.7. The van der Waals surface area contributed by atoms with E-state index in [1.54, 1.807) is 0 Å². The molecule has 0 atom stereocenters. The normalized spacial score (nSPS) is 23.4. The molecule has 1 saturated heterocycles. The Kier molecular flexibility index (Phi) is 5.04. The Morgan fingerprint density at radius 3 is 2.41 bits per heavy atom. The number of halogens is 1. The second-order valence-electron chi connectivity index (χ2n) is 6.47. The van der Waals surface area contributed by atoms with Crippen LogP contribution in [0.1, 0.15) is 34.1 Å². The smallest absolute Gasteiger partial charge is 0.466 e. The molecule has 1 heterocycles. The van der Waals surface area contributed by atoms with Crippen LogP contribution in [0.2, 0.25) is 0 Å². The largest absolute Gasteiger partial charge is 0.495 e. The van der Waals surface area contributed by atoms with Crippen LogP contribution in [0.25, 0.3) is 0 Å². The minimum Gasteiger partial charge on any atom is -0.466 e. The van der Waals surface area contributed by atoms with Crippen LogP contribution in [0.5, 0.6) is 0 Å². The molecule has 0 amide bonds. The standard InChI is InChI=1S/C16H22BBrO4/c1-15(2)16(3,4)22-17(21-15)13-9-11(14(19)20-5)7-6-8-12(13)10-18/h6,8-9H,7,10H2,1-5H3. The number of rotatable bonds is 3. The molecule has 2 rings (SSSR count). The van der Waals surface area contributed by atoms with E-state index in [2.05, 4.69) is 15.9 Å². The summed E-state index contributed by atoms with van der Waals surface area (Å²) >= 11 is 3.50. The van der Waals surface area contributed by atoms with Gasteiger partial charge in [-0.25, -0.2) is 4.79 Å². The van der Waals surface area contributed by atoms with Crippen molar-refractivity contribution in [2.45, 2.75) is 45.3 Å². The van der Waals surface area contributed by atoms with Crippen molar-refractivity contribution in [3.05, 3.63) is 34.8 Å². The third-order valence-corrected chi connectivity index (χ3v) is 5.06. The van der Waals surface area contributed by atoms with Crippen molar-refractivity contribution >= 4 is 29.0 Å². The lowest BCUT2D eigenvalue weighted by molar-refractivity contribution is -0.136. The number of methoxy groups -OCH3 is 1. The van der Waals surface area contributed by atoms with Gasteiger partial charge in [0.1, 0.15) is 0 Å². The van der Waals surface area contributed by atoms with E-state index in [0.29, 0.717) is 17.3 Å². The summed E-state index contributed by atoms with van der Waals surface area (Å²) in [5, 5.41) is 0.661. The second kappa shape index (κ2) is 6.34. The molecule has 0 aromatic rings. The first kappa shape index (κ1) is 17.5. The molecule has 0 radical (unpaired) electrons. The lowest BCUT2D eigenvalue weighted by atomic mass is 9.74. The fourth-order valence-corrected chi connectivity index (χ4v) is 2.86. The van der Waals surface area contributed by atoms with E-state index >= 15 is 0 Å². The maximum absolute atomic E-state index is 11.9. The van der Waals surface area contributed by atoms with Crippen LogP contribution in [0.3, 0.4) is 0 Å². The Balaban J connectivity index is 2.43. The number of carbonyl (C=O) groups excluding carboxylic acids is 1. The fourth-order valence-electron chi connectivity index (χ4n) is 2.35. The molecule has 120 valence electrons. The molecule has 22 heavy (non-hydrogen) atoms. The first-order chi connectivity index (χ1) is 10.2. The predicted molar refractivity (Wildman–Crippen MR) is 90.8 cm³/mol. The molecule has 0 aromatic heterocycles. The Morgan fingerprint density at radius 2 is 1.91 bits per heavy atom. The monoisotopic (exact) mass is 368 g/mol. The van der Waals surface area contributed by atoms with Gasteiger partial charge in [-0.1, -0.05) is 34.2 Å². The molecule has 0 unspecified atom stereocenters. The zero-order chi connectivity index (χ0) is 16.5. The summed E-state index contributed by atoms with van der Waals surface area (Å²) in [7, 11) is 0.890. The quantitative estimate of drug-likeness (QED) is 0.435. The van der Waals surface area contributed by atoms with Gasteiger partial charge < -0.3 is 14.0 Å². The van der Waals surface area contributed by atoms with Gasteiger partial charge in [0, 0.05) is 10.9 Å². The van der Waals surface area contributed by atoms with Gasteiger partial charge in [0.2, 0.25) is 0 Å². The molecular weight excluding hydrogens is 347 g/mol. The maximum Gasteiger partial charge on any atom is 0.495 e. The van der Waals surface area contributed by atoms with Gasteiger partial charge in [-0.2, -0.15) is 0 Å². The van der Waals surface area contributed by atoms with Crippen LogP contribution in [0, 0.1) is 0 Å². The van der Waals surface area contributed by atoms with E-state index in [1.165, 1.54) is 7.11 Å². The highest BCUT2D eigenvalue weighted by molar-refractivity contribution is 9.09. The number of hydrogen-bond acceptors (Lipinski definition) is 4. The van der Waals surface area contributed by atoms with Gasteiger partial charge in [-0.05, 0) is 45.2 Å². The first-order valence-electron chi connectivity index (χ1n) is 7.32. The van der Waals surface area contributed by atoms with Crippen molar-refractivity contribution in [3.8, 4) is 0 Å². The van der Waals surface area contributed by atoms with Crippen molar-refractivity contribution in [1.29, 1.82) is 0 Å². The third-order valence-electron chi connectivity index (χ3n) is 4.46. The summed E-state index contributed by atoms with van der Waals surface area (Å²) in [6.07, 6.45) is 6.33. The average molecular weight is 369 g/mol. The van der Waals surface area contributed by atoms with E-state index in [-0.39, 0.29) is 5.97 Å². The summed E-state index contributed by atoms with van der Waals surface area (Å²) in [6, 6.07) is 0. The minimum atomic E-state index is -0.500.